The fourth-order valence-electron chi connectivity index (χ4n) is 4.90. The van der Waals surface area contributed by atoms with Crippen LogP contribution in [0, 0.1) is 0 Å². The molecule has 8 heteroatoms. The number of rotatable bonds is 20. The predicted molar refractivity (Wildman–Crippen MR) is 175 cm³/mol. The van der Waals surface area contributed by atoms with Crippen LogP contribution in [-0.4, -0.2) is 30.8 Å². The van der Waals surface area contributed by atoms with E-state index in [0.29, 0.717) is 25.2 Å². The molecule has 0 saturated carbocycles. The summed E-state index contributed by atoms with van der Waals surface area (Å²) in [6, 6.07) is 20.0. The van der Waals surface area contributed by atoms with Gasteiger partial charge in [0.1, 0.15) is 11.5 Å². The van der Waals surface area contributed by atoms with Gasteiger partial charge in [0.2, 0.25) is 0 Å². The molecule has 0 amide bonds. The van der Waals surface area contributed by atoms with Crippen LogP contribution in [-0.2, 0) is 4.74 Å². The molecule has 0 bridgehead atoms. The number of esters is 2. The van der Waals surface area contributed by atoms with Gasteiger partial charge in [-0.1, -0.05) is 82.2 Å². The van der Waals surface area contributed by atoms with E-state index >= 15 is 0 Å². The number of unbranched alkanes of at least 4 members (excludes halogenated alkanes) is 9. The molecule has 0 aliphatic rings. The van der Waals surface area contributed by atoms with Crippen LogP contribution in [0.5, 0.6) is 11.5 Å². The number of carbonyl (C=O) groups excluding carboxylic acids is 2. The summed E-state index contributed by atoms with van der Waals surface area (Å²) in [6.45, 7) is 6.48. The van der Waals surface area contributed by atoms with E-state index in [-0.39, 0.29) is 24.0 Å². The van der Waals surface area contributed by atoms with Gasteiger partial charge in [0.25, 0.3) is 0 Å². The van der Waals surface area contributed by atoms with Gasteiger partial charge in [-0.15, -0.1) is 6.58 Å². The maximum atomic E-state index is 13.4. The number of allylic oxidation sites excluding steroid dienone is 1. The van der Waals surface area contributed by atoms with Crippen molar-refractivity contribution >= 4 is 11.9 Å². The topological polar surface area (TPSA) is 61.8 Å². The van der Waals surface area contributed by atoms with Gasteiger partial charge in [0.05, 0.1) is 17.7 Å². The van der Waals surface area contributed by atoms with Crippen LogP contribution in [0.4, 0.5) is 13.2 Å². The first-order valence-corrected chi connectivity index (χ1v) is 16.3. The van der Waals surface area contributed by atoms with E-state index in [1.807, 2.05) is 36.4 Å². The molecule has 0 heterocycles. The van der Waals surface area contributed by atoms with Gasteiger partial charge in [0, 0.05) is 0 Å². The van der Waals surface area contributed by atoms with E-state index in [4.69, 9.17) is 14.2 Å². The van der Waals surface area contributed by atoms with Crippen LogP contribution in [0.25, 0.3) is 11.1 Å². The van der Waals surface area contributed by atoms with Crippen molar-refractivity contribution in [2.45, 2.75) is 96.3 Å². The lowest BCUT2D eigenvalue weighted by Crippen LogP contribution is -2.33. The van der Waals surface area contributed by atoms with E-state index in [9.17, 15) is 22.8 Å². The number of hydrogen-bond acceptors (Lipinski definition) is 5. The zero-order valence-electron chi connectivity index (χ0n) is 26.7. The number of ether oxygens (including phenoxy) is 3. The maximum absolute atomic E-state index is 13.4. The number of alkyl halides is 3. The number of halogens is 3. The second-order valence-corrected chi connectivity index (χ2v) is 11.3. The van der Waals surface area contributed by atoms with Crippen molar-refractivity contribution in [1.29, 1.82) is 0 Å². The highest BCUT2D eigenvalue weighted by molar-refractivity contribution is 5.94. The van der Waals surface area contributed by atoms with E-state index < -0.39 is 24.2 Å². The summed E-state index contributed by atoms with van der Waals surface area (Å²) in [7, 11) is 0. The molecule has 1 atom stereocenters. The van der Waals surface area contributed by atoms with Crippen LogP contribution in [0.15, 0.2) is 85.5 Å². The predicted octanol–water partition coefficient (Wildman–Crippen LogP) is 10.9. The van der Waals surface area contributed by atoms with Gasteiger partial charge in [-0.25, -0.2) is 9.59 Å². The van der Waals surface area contributed by atoms with Gasteiger partial charge >= 0.3 is 18.1 Å². The first-order chi connectivity index (χ1) is 22.2. The minimum atomic E-state index is -4.67. The molecule has 0 fully saturated rings. The highest BCUT2D eigenvalue weighted by Crippen LogP contribution is 2.29. The third-order valence-electron chi connectivity index (χ3n) is 7.61. The van der Waals surface area contributed by atoms with E-state index in [1.165, 1.54) is 69.2 Å². The molecule has 0 spiro atoms. The van der Waals surface area contributed by atoms with Crippen molar-refractivity contribution in [3.8, 4) is 22.6 Å². The monoisotopic (exact) mass is 638 g/mol. The molecule has 3 rings (SSSR count). The van der Waals surface area contributed by atoms with E-state index in [1.54, 1.807) is 18.2 Å². The summed E-state index contributed by atoms with van der Waals surface area (Å²) in [5.41, 5.74) is 1.98. The van der Waals surface area contributed by atoms with Crippen LogP contribution in [0.3, 0.4) is 0 Å². The summed E-state index contributed by atoms with van der Waals surface area (Å²) in [4.78, 5) is 25.0. The molecule has 248 valence electrons. The highest BCUT2D eigenvalue weighted by Gasteiger charge is 2.42. The zero-order chi connectivity index (χ0) is 33.2. The minimum absolute atomic E-state index is 0.0918. The fraction of sp³-hybridized carbons (Fsp3) is 0.421. The Morgan fingerprint density at radius 2 is 1.22 bits per heavy atom. The second kappa shape index (κ2) is 19.4. The molecule has 3 aromatic rings. The Hall–Kier alpha value is -4.07. The Kier molecular flexibility index (Phi) is 15.4. The van der Waals surface area contributed by atoms with Gasteiger partial charge in [-0.2, -0.15) is 13.2 Å². The standard InChI is InChI=1S/C38H45F3O5/c1-3-5-7-9-10-11-12-14-28-44-33-24-20-29(21-25-33)30-22-26-34(27-23-30)45-36(42)31-16-18-32(19-17-31)37(43)46-35(38(39,40)41)15-13-8-6-4-2/h4,16-27,35H,2-3,5-15,28H2,1H3/t35-/m1/s1. The van der Waals surface area contributed by atoms with Crippen LogP contribution in [0.1, 0.15) is 105 Å². The molecule has 0 aliphatic carbocycles. The first-order valence-electron chi connectivity index (χ1n) is 16.3. The largest absolute Gasteiger partial charge is 0.494 e. The first kappa shape index (κ1) is 36.4. The van der Waals surface area contributed by atoms with Crippen molar-refractivity contribution in [2.24, 2.45) is 0 Å². The molecular weight excluding hydrogens is 593 g/mol. The fourth-order valence-corrected chi connectivity index (χ4v) is 4.90. The van der Waals surface area contributed by atoms with E-state index in [2.05, 4.69) is 13.5 Å². The normalized spacial score (nSPS) is 11.9. The van der Waals surface area contributed by atoms with Crippen molar-refractivity contribution < 1.29 is 37.0 Å². The van der Waals surface area contributed by atoms with Crippen molar-refractivity contribution in [2.75, 3.05) is 6.61 Å². The Morgan fingerprint density at radius 1 is 0.696 bits per heavy atom. The highest BCUT2D eigenvalue weighted by atomic mass is 19.4. The van der Waals surface area contributed by atoms with Crippen molar-refractivity contribution in [3.63, 3.8) is 0 Å². The number of benzene rings is 3. The Labute approximate surface area is 270 Å². The minimum Gasteiger partial charge on any atom is -0.494 e. The summed E-state index contributed by atoms with van der Waals surface area (Å²) in [6.07, 6.45) is 5.83. The van der Waals surface area contributed by atoms with Gasteiger partial charge in [0.15, 0.2) is 6.10 Å². The molecule has 0 saturated heterocycles. The summed E-state index contributed by atoms with van der Waals surface area (Å²) in [5.74, 6) is -0.617. The zero-order valence-corrected chi connectivity index (χ0v) is 26.7. The van der Waals surface area contributed by atoms with Crippen LogP contribution < -0.4 is 9.47 Å². The molecule has 3 aromatic carbocycles. The second-order valence-electron chi connectivity index (χ2n) is 11.3. The van der Waals surface area contributed by atoms with Gasteiger partial charge < -0.3 is 14.2 Å². The molecule has 0 aliphatic heterocycles. The summed E-state index contributed by atoms with van der Waals surface area (Å²) >= 11 is 0. The van der Waals surface area contributed by atoms with Crippen LogP contribution >= 0.6 is 0 Å². The average molecular weight is 639 g/mol. The summed E-state index contributed by atoms with van der Waals surface area (Å²) < 4.78 is 56.2. The third kappa shape index (κ3) is 12.7. The summed E-state index contributed by atoms with van der Waals surface area (Å²) in [5, 5.41) is 0. The average Bonchev–Trinajstić information content (AvgIpc) is 3.05. The third-order valence-corrected chi connectivity index (χ3v) is 7.61. The smallest absolute Gasteiger partial charge is 0.425 e. The molecule has 0 N–H and O–H groups in total. The SMILES string of the molecule is C=CCCCC[C@@H](OC(=O)c1ccc(C(=O)Oc2ccc(-c3ccc(OCCCCCCCCCC)cc3)cc2)cc1)C(F)(F)F. The lowest BCUT2D eigenvalue weighted by molar-refractivity contribution is -0.206. The molecular formula is C38H45F3O5. The number of carbonyl (C=O) groups is 2. The quantitative estimate of drug-likeness (QED) is 0.0533. The molecule has 46 heavy (non-hydrogen) atoms. The Balaban J connectivity index is 1.45. The van der Waals surface area contributed by atoms with E-state index in [0.717, 1.165) is 23.3 Å². The molecule has 0 aromatic heterocycles. The van der Waals surface area contributed by atoms with Gasteiger partial charge in [-0.3, -0.25) is 0 Å². The number of hydrogen-bond donors (Lipinski definition) is 0. The lowest BCUT2D eigenvalue weighted by atomic mass is 10.1. The molecule has 0 unspecified atom stereocenters. The van der Waals surface area contributed by atoms with Crippen molar-refractivity contribution in [1.82, 2.24) is 0 Å². The Morgan fingerprint density at radius 3 is 1.76 bits per heavy atom. The molecule has 0 radical (unpaired) electrons. The Bertz CT molecular complexity index is 1330. The lowest BCUT2D eigenvalue weighted by Gasteiger charge is -2.20. The van der Waals surface area contributed by atoms with Crippen molar-refractivity contribution in [3.05, 3.63) is 96.6 Å². The van der Waals surface area contributed by atoms with Crippen LogP contribution in [0.2, 0.25) is 0 Å². The maximum Gasteiger partial charge on any atom is 0.425 e. The van der Waals surface area contributed by atoms with Gasteiger partial charge in [-0.05, 0) is 91.8 Å². The molecule has 5 nitrogen and oxygen atoms in total.